The van der Waals surface area contributed by atoms with Gasteiger partial charge in [0.15, 0.2) is 0 Å². The molecule has 1 aromatic rings. The van der Waals surface area contributed by atoms with E-state index in [0.29, 0.717) is 11.3 Å². The second-order valence-corrected chi connectivity index (χ2v) is 5.88. The smallest absolute Gasteiger partial charge is 0.244 e. The monoisotopic (exact) mass is 294 g/mol. The van der Waals surface area contributed by atoms with E-state index in [9.17, 15) is 13.2 Å². The molecule has 0 radical (unpaired) electrons. The Balaban J connectivity index is 2.71. The van der Waals surface area contributed by atoms with Crippen LogP contribution in [0.1, 0.15) is 12.5 Å². The number of para-hydroxylation sites is 1. The number of hydrogen-bond donors (Lipinski definition) is 2. The maximum atomic E-state index is 11.5. The van der Waals surface area contributed by atoms with Crippen molar-refractivity contribution in [2.45, 2.75) is 13.5 Å². The Labute approximate surface area is 119 Å². The first-order valence-electron chi connectivity index (χ1n) is 6.05. The summed E-state index contributed by atoms with van der Waals surface area (Å²) in [4.78, 5) is 11.5. The van der Waals surface area contributed by atoms with Gasteiger partial charge in [0.2, 0.25) is 15.9 Å². The van der Waals surface area contributed by atoms with E-state index in [1.807, 2.05) is 13.0 Å². The van der Waals surface area contributed by atoms with E-state index < -0.39 is 10.0 Å². The van der Waals surface area contributed by atoms with Crippen LogP contribution >= 0.6 is 0 Å². The predicted octanol–water partition coefficient (Wildman–Crippen LogP) is 1.81. The van der Waals surface area contributed by atoms with Crippen molar-refractivity contribution in [2.75, 3.05) is 11.0 Å². The van der Waals surface area contributed by atoms with Gasteiger partial charge in [-0.25, -0.2) is 8.42 Å². The van der Waals surface area contributed by atoms with Crippen molar-refractivity contribution in [2.24, 2.45) is 0 Å². The fraction of sp³-hybridized carbons (Fsp3) is 0.214. The lowest BCUT2D eigenvalue weighted by molar-refractivity contribution is -0.116. The van der Waals surface area contributed by atoms with Crippen molar-refractivity contribution in [1.29, 1.82) is 0 Å². The van der Waals surface area contributed by atoms with E-state index in [2.05, 4.69) is 10.0 Å². The molecule has 6 heteroatoms. The number of carbonyl (C=O) groups is 1. The minimum Gasteiger partial charge on any atom is -0.348 e. The normalized spacial score (nSPS) is 11.9. The summed E-state index contributed by atoms with van der Waals surface area (Å²) in [7, 11) is -3.34. The predicted molar refractivity (Wildman–Crippen MR) is 80.7 cm³/mol. The van der Waals surface area contributed by atoms with Gasteiger partial charge in [-0.15, -0.1) is 0 Å². The van der Waals surface area contributed by atoms with Gasteiger partial charge < -0.3 is 5.32 Å². The topological polar surface area (TPSA) is 75.3 Å². The third kappa shape index (κ3) is 6.19. The third-order valence-electron chi connectivity index (χ3n) is 2.32. The number of allylic oxidation sites excluding steroid dienone is 3. The molecule has 0 heterocycles. The van der Waals surface area contributed by atoms with Gasteiger partial charge in [0.25, 0.3) is 0 Å². The first kappa shape index (κ1) is 16.0. The van der Waals surface area contributed by atoms with Gasteiger partial charge in [-0.05, 0) is 18.6 Å². The third-order valence-corrected chi connectivity index (χ3v) is 2.91. The van der Waals surface area contributed by atoms with E-state index >= 15 is 0 Å². The van der Waals surface area contributed by atoms with Gasteiger partial charge in [-0.2, -0.15) is 0 Å². The maximum Gasteiger partial charge on any atom is 0.244 e. The lowest BCUT2D eigenvalue weighted by Crippen LogP contribution is -2.21. The fourth-order valence-electron chi connectivity index (χ4n) is 1.47. The highest BCUT2D eigenvalue weighted by Crippen LogP contribution is 2.15. The molecule has 1 amide bonds. The summed E-state index contributed by atoms with van der Waals surface area (Å²) in [5, 5.41) is 2.69. The van der Waals surface area contributed by atoms with Gasteiger partial charge in [-0.1, -0.05) is 36.4 Å². The largest absolute Gasteiger partial charge is 0.348 e. The highest BCUT2D eigenvalue weighted by atomic mass is 32.2. The second kappa shape index (κ2) is 7.49. The van der Waals surface area contributed by atoms with E-state index in [4.69, 9.17) is 0 Å². The fourth-order valence-corrected chi connectivity index (χ4v) is 2.07. The van der Waals surface area contributed by atoms with Crippen molar-refractivity contribution in [3.05, 3.63) is 54.1 Å². The first-order valence-corrected chi connectivity index (χ1v) is 7.94. The zero-order chi connectivity index (χ0) is 15.0. The van der Waals surface area contributed by atoms with Crippen LogP contribution in [0.3, 0.4) is 0 Å². The molecule has 1 rings (SSSR count). The van der Waals surface area contributed by atoms with Gasteiger partial charge in [0.1, 0.15) is 0 Å². The van der Waals surface area contributed by atoms with Crippen molar-refractivity contribution < 1.29 is 13.2 Å². The molecule has 5 nitrogen and oxygen atoms in total. The van der Waals surface area contributed by atoms with Gasteiger partial charge in [-0.3, -0.25) is 9.52 Å². The zero-order valence-electron chi connectivity index (χ0n) is 11.5. The summed E-state index contributed by atoms with van der Waals surface area (Å²) in [6.45, 7) is 2.10. The zero-order valence-corrected chi connectivity index (χ0v) is 12.3. The molecule has 0 saturated heterocycles. The maximum absolute atomic E-state index is 11.5. The molecule has 20 heavy (non-hydrogen) atoms. The Morgan fingerprint density at radius 1 is 1.25 bits per heavy atom. The van der Waals surface area contributed by atoms with Crippen molar-refractivity contribution in [1.82, 2.24) is 5.32 Å². The molecule has 2 N–H and O–H groups in total. The van der Waals surface area contributed by atoms with E-state index in [-0.39, 0.29) is 12.5 Å². The highest BCUT2D eigenvalue weighted by molar-refractivity contribution is 7.92. The van der Waals surface area contributed by atoms with Crippen molar-refractivity contribution in [3.63, 3.8) is 0 Å². The molecular formula is C14H18N2O3S. The molecular weight excluding hydrogens is 276 g/mol. The van der Waals surface area contributed by atoms with Gasteiger partial charge in [0, 0.05) is 12.6 Å². The minimum absolute atomic E-state index is 0.239. The lowest BCUT2D eigenvalue weighted by atomic mass is 10.2. The average molecular weight is 294 g/mol. The minimum atomic E-state index is -3.34. The number of benzene rings is 1. The standard InChI is InChI=1S/C14H18N2O3S/c1-3-4-5-10-14(17)15-11-12-8-6-7-9-13(12)16-20(2,18)19/h3-10,16H,11H2,1-2H3,(H,15,17). The molecule has 0 aliphatic carbocycles. The first-order chi connectivity index (χ1) is 9.42. The molecule has 0 aliphatic rings. The molecule has 0 spiro atoms. The van der Waals surface area contributed by atoms with Crippen molar-refractivity contribution in [3.8, 4) is 0 Å². The van der Waals surface area contributed by atoms with Crippen LogP contribution in [0.15, 0.2) is 48.6 Å². The van der Waals surface area contributed by atoms with Crippen molar-refractivity contribution >= 4 is 21.6 Å². The SMILES string of the molecule is CC=CC=CC(=O)NCc1ccccc1NS(C)(=O)=O. The van der Waals surface area contributed by atoms with Gasteiger partial charge in [0.05, 0.1) is 11.9 Å². The van der Waals surface area contributed by atoms with Crippen LogP contribution in [0.25, 0.3) is 0 Å². The molecule has 0 aromatic heterocycles. The second-order valence-electron chi connectivity index (χ2n) is 4.13. The number of amides is 1. The summed E-state index contributed by atoms with van der Waals surface area (Å²) in [6, 6.07) is 6.91. The molecule has 0 unspecified atom stereocenters. The van der Waals surface area contributed by atoms with Crippen LogP contribution in [0, 0.1) is 0 Å². The Bertz CT molecular complexity index is 619. The Hall–Kier alpha value is -2.08. The van der Waals surface area contributed by atoms with E-state index in [1.165, 1.54) is 6.08 Å². The van der Waals surface area contributed by atoms with Crippen LogP contribution in [0.2, 0.25) is 0 Å². The summed E-state index contributed by atoms with van der Waals surface area (Å²) in [6.07, 6.45) is 7.69. The summed E-state index contributed by atoms with van der Waals surface area (Å²) in [5.41, 5.74) is 1.17. The molecule has 0 bridgehead atoms. The number of anilines is 1. The summed E-state index contributed by atoms with van der Waals surface area (Å²) in [5.74, 6) is -0.239. The van der Waals surface area contributed by atoms with Crippen LogP contribution in [0.5, 0.6) is 0 Å². The Morgan fingerprint density at radius 3 is 2.60 bits per heavy atom. The number of sulfonamides is 1. The molecule has 0 fully saturated rings. The van der Waals surface area contributed by atoms with Gasteiger partial charge >= 0.3 is 0 Å². The molecule has 0 saturated carbocycles. The summed E-state index contributed by atoms with van der Waals surface area (Å²) < 4.78 is 24.9. The number of nitrogens with one attached hydrogen (secondary N) is 2. The quantitative estimate of drug-likeness (QED) is 0.620. The van der Waals surface area contributed by atoms with Crippen LogP contribution < -0.4 is 10.0 Å². The molecule has 108 valence electrons. The van der Waals surface area contributed by atoms with E-state index in [1.54, 1.807) is 36.4 Å². The lowest BCUT2D eigenvalue weighted by Gasteiger charge is -2.10. The highest BCUT2D eigenvalue weighted by Gasteiger charge is 2.07. The number of rotatable bonds is 6. The number of carbonyl (C=O) groups excluding carboxylic acids is 1. The van der Waals surface area contributed by atoms with Crippen LogP contribution in [-0.2, 0) is 21.4 Å². The molecule has 1 aromatic carbocycles. The summed E-state index contributed by atoms with van der Waals surface area (Å²) >= 11 is 0. The Morgan fingerprint density at radius 2 is 1.95 bits per heavy atom. The molecule has 0 atom stereocenters. The average Bonchev–Trinajstić information content (AvgIpc) is 2.36. The van der Waals surface area contributed by atoms with Crippen LogP contribution in [-0.4, -0.2) is 20.6 Å². The Kier molecular flexibility index (Phi) is 5.99. The van der Waals surface area contributed by atoms with E-state index in [0.717, 1.165) is 6.26 Å². The number of hydrogen-bond acceptors (Lipinski definition) is 3. The van der Waals surface area contributed by atoms with Crippen LogP contribution in [0.4, 0.5) is 5.69 Å². The molecule has 0 aliphatic heterocycles.